The number of aromatic nitrogens is 4. The van der Waals surface area contributed by atoms with Crippen LogP contribution in [0.1, 0.15) is 16.4 Å². The minimum Gasteiger partial charge on any atom is -0.349 e. The molecule has 0 aliphatic heterocycles. The van der Waals surface area contributed by atoms with Crippen molar-refractivity contribution in [3.05, 3.63) is 46.5 Å². The molecule has 1 amide bonds. The lowest BCUT2D eigenvalue weighted by Gasteiger charge is -2.03. The van der Waals surface area contributed by atoms with Crippen molar-refractivity contribution in [3.8, 4) is 0 Å². The van der Waals surface area contributed by atoms with Gasteiger partial charge >= 0.3 is 6.18 Å². The van der Waals surface area contributed by atoms with Gasteiger partial charge in [0, 0.05) is 0 Å². The molecule has 0 unspecified atom stereocenters. The highest BCUT2D eigenvalue weighted by Gasteiger charge is 2.38. The Morgan fingerprint density at radius 1 is 1.21 bits per heavy atom. The zero-order valence-electron chi connectivity index (χ0n) is 11.8. The molecule has 2 heterocycles. The van der Waals surface area contributed by atoms with Gasteiger partial charge < -0.3 is 5.32 Å². The van der Waals surface area contributed by atoms with E-state index in [1.807, 2.05) is 0 Å². The molecule has 0 atom stereocenters. The third kappa shape index (κ3) is 3.50. The first-order valence-corrected chi connectivity index (χ1v) is 7.44. The van der Waals surface area contributed by atoms with Gasteiger partial charge in [0.1, 0.15) is 10.8 Å². The van der Waals surface area contributed by atoms with Crippen molar-refractivity contribution in [2.45, 2.75) is 19.1 Å². The molecule has 0 aliphatic rings. The molecular weight excluding hydrogens is 350 g/mol. The molecule has 6 nitrogen and oxygen atoms in total. The summed E-state index contributed by atoms with van der Waals surface area (Å²) < 4.78 is 51.5. The molecule has 126 valence electrons. The van der Waals surface area contributed by atoms with Crippen LogP contribution < -0.4 is 5.32 Å². The number of nitrogens with zero attached hydrogens (tertiary/aromatic N) is 4. The summed E-state index contributed by atoms with van der Waals surface area (Å²) in [5, 5.41) is 13.0. The Labute approximate surface area is 136 Å². The standard InChI is InChI=1S/C13H9F4N5OS/c14-8-3-1-7(2-4-8)5-9(23)18-6-10-21-22-11(13(15,16)17)19-20-12(22)24-10/h1-4H,5-6H2,(H,18,23). The molecule has 1 N–H and O–H groups in total. The molecule has 24 heavy (non-hydrogen) atoms. The van der Waals surface area contributed by atoms with E-state index in [4.69, 9.17) is 0 Å². The molecule has 0 bridgehead atoms. The number of benzene rings is 1. The zero-order valence-corrected chi connectivity index (χ0v) is 12.7. The van der Waals surface area contributed by atoms with Gasteiger partial charge in [-0.05, 0) is 17.7 Å². The summed E-state index contributed by atoms with van der Waals surface area (Å²) >= 11 is 0.898. The molecule has 0 saturated carbocycles. The fourth-order valence-corrected chi connectivity index (χ4v) is 2.70. The van der Waals surface area contributed by atoms with Crippen LogP contribution in [0.2, 0.25) is 0 Å². The summed E-state index contributed by atoms with van der Waals surface area (Å²) in [5.74, 6) is -1.97. The number of carbonyl (C=O) groups is 1. The van der Waals surface area contributed by atoms with E-state index in [9.17, 15) is 22.4 Å². The molecule has 0 fully saturated rings. The zero-order chi connectivity index (χ0) is 17.3. The van der Waals surface area contributed by atoms with E-state index in [1.54, 1.807) is 0 Å². The van der Waals surface area contributed by atoms with Gasteiger partial charge in [0.2, 0.25) is 10.9 Å². The Balaban J connectivity index is 1.64. The van der Waals surface area contributed by atoms with Gasteiger partial charge in [-0.3, -0.25) is 4.79 Å². The first kappa shape index (κ1) is 16.3. The van der Waals surface area contributed by atoms with Gasteiger partial charge in [-0.2, -0.15) is 22.8 Å². The number of hydrogen-bond acceptors (Lipinski definition) is 5. The lowest BCUT2D eigenvalue weighted by Crippen LogP contribution is -2.24. The summed E-state index contributed by atoms with van der Waals surface area (Å²) in [5.41, 5.74) is 0.617. The maximum absolute atomic E-state index is 12.8. The lowest BCUT2D eigenvalue weighted by atomic mass is 10.1. The summed E-state index contributed by atoms with van der Waals surface area (Å²) in [6, 6.07) is 5.44. The van der Waals surface area contributed by atoms with E-state index < -0.39 is 17.8 Å². The van der Waals surface area contributed by atoms with Crippen molar-refractivity contribution in [3.63, 3.8) is 0 Å². The van der Waals surface area contributed by atoms with Crippen LogP contribution in [0, 0.1) is 5.82 Å². The summed E-state index contributed by atoms with van der Waals surface area (Å²) in [6.07, 6.45) is -4.63. The van der Waals surface area contributed by atoms with Crippen LogP contribution in [-0.4, -0.2) is 25.7 Å². The third-order valence-electron chi connectivity index (χ3n) is 3.00. The Morgan fingerprint density at radius 3 is 2.58 bits per heavy atom. The average Bonchev–Trinajstić information content (AvgIpc) is 3.06. The quantitative estimate of drug-likeness (QED) is 0.725. The molecule has 0 saturated heterocycles. The highest BCUT2D eigenvalue weighted by atomic mass is 32.1. The summed E-state index contributed by atoms with van der Waals surface area (Å²) in [7, 11) is 0. The molecule has 1 aromatic carbocycles. The lowest BCUT2D eigenvalue weighted by molar-refractivity contribution is -0.146. The molecule has 3 rings (SSSR count). The summed E-state index contributed by atoms with van der Waals surface area (Å²) in [4.78, 5) is 11.8. The normalized spacial score (nSPS) is 11.8. The predicted octanol–water partition coefficient (Wildman–Crippen LogP) is 2.20. The van der Waals surface area contributed by atoms with E-state index in [0.717, 1.165) is 11.3 Å². The van der Waals surface area contributed by atoms with Gasteiger partial charge in [-0.15, -0.1) is 10.2 Å². The minimum atomic E-state index is -4.66. The fourth-order valence-electron chi connectivity index (χ4n) is 1.93. The molecule has 2 aromatic heterocycles. The SMILES string of the molecule is O=C(Cc1ccc(F)cc1)NCc1nn2c(C(F)(F)F)nnc2s1. The molecule has 11 heteroatoms. The second-order valence-electron chi connectivity index (χ2n) is 4.79. The van der Waals surface area contributed by atoms with E-state index in [0.29, 0.717) is 10.1 Å². The van der Waals surface area contributed by atoms with E-state index >= 15 is 0 Å². The van der Waals surface area contributed by atoms with Crippen molar-refractivity contribution in [2.75, 3.05) is 0 Å². The van der Waals surface area contributed by atoms with E-state index in [1.165, 1.54) is 24.3 Å². The Morgan fingerprint density at radius 2 is 1.92 bits per heavy atom. The van der Waals surface area contributed by atoms with Crippen molar-refractivity contribution in [1.29, 1.82) is 0 Å². The van der Waals surface area contributed by atoms with Crippen LogP contribution in [-0.2, 0) is 23.9 Å². The molecule has 3 aromatic rings. The van der Waals surface area contributed by atoms with Crippen LogP contribution in [0.25, 0.3) is 4.96 Å². The Hall–Kier alpha value is -2.56. The van der Waals surface area contributed by atoms with Crippen molar-refractivity contribution in [2.24, 2.45) is 0 Å². The summed E-state index contributed by atoms with van der Waals surface area (Å²) in [6.45, 7) is -0.0364. The smallest absolute Gasteiger partial charge is 0.349 e. The monoisotopic (exact) mass is 359 g/mol. The number of halogens is 4. The molecule has 0 spiro atoms. The maximum Gasteiger partial charge on any atom is 0.453 e. The van der Waals surface area contributed by atoms with Crippen LogP contribution in [0.5, 0.6) is 0 Å². The van der Waals surface area contributed by atoms with Crippen LogP contribution in [0.4, 0.5) is 17.6 Å². The van der Waals surface area contributed by atoms with Crippen molar-refractivity contribution >= 4 is 22.2 Å². The maximum atomic E-state index is 12.8. The Kier molecular flexibility index (Phi) is 4.18. The van der Waals surface area contributed by atoms with Crippen LogP contribution in [0.15, 0.2) is 24.3 Å². The first-order valence-electron chi connectivity index (χ1n) is 6.62. The Bertz CT molecular complexity index is 871. The van der Waals surface area contributed by atoms with Crippen molar-refractivity contribution in [1.82, 2.24) is 25.1 Å². The average molecular weight is 359 g/mol. The number of carbonyl (C=O) groups excluding carboxylic acids is 1. The minimum absolute atomic E-state index is 0.00916. The number of amides is 1. The van der Waals surface area contributed by atoms with Gasteiger partial charge in [0.05, 0.1) is 13.0 Å². The fraction of sp³-hybridized carbons (Fsp3) is 0.231. The van der Waals surface area contributed by atoms with Gasteiger partial charge in [0.15, 0.2) is 0 Å². The molecule has 0 radical (unpaired) electrons. The third-order valence-corrected chi connectivity index (χ3v) is 3.90. The predicted molar refractivity (Wildman–Crippen MR) is 75.6 cm³/mol. The highest BCUT2D eigenvalue weighted by Crippen LogP contribution is 2.28. The van der Waals surface area contributed by atoms with Crippen LogP contribution >= 0.6 is 11.3 Å². The molecule has 0 aliphatic carbocycles. The van der Waals surface area contributed by atoms with E-state index in [-0.39, 0.29) is 28.8 Å². The number of hydrogen-bond donors (Lipinski definition) is 1. The molecular formula is C13H9F4N5OS. The second kappa shape index (κ2) is 6.15. The first-order chi connectivity index (χ1) is 11.3. The largest absolute Gasteiger partial charge is 0.453 e. The van der Waals surface area contributed by atoms with Gasteiger partial charge in [0.25, 0.3) is 5.82 Å². The second-order valence-corrected chi connectivity index (χ2v) is 5.83. The van der Waals surface area contributed by atoms with Crippen molar-refractivity contribution < 1.29 is 22.4 Å². The van der Waals surface area contributed by atoms with Gasteiger partial charge in [-0.25, -0.2) is 4.39 Å². The van der Waals surface area contributed by atoms with Gasteiger partial charge in [-0.1, -0.05) is 23.5 Å². The van der Waals surface area contributed by atoms with Crippen LogP contribution in [0.3, 0.4) is 0 Å². The number of rotatable bonds is 4. The van der Waals surface area contributed by atoms with E-state index in [2.05, 4.69) is 20.6 Å². The number of nitrogens with one attached hydrogen (secondary N) is 1. The number of fused-ring (bicyclic) bond motifs is 1. The number of alkyl halides is 3. The highest BCUT2D eigenvalue weighted by molar-refractivity contribution is 7.16. The topological polar surface area (TPSA) is 72.2 Å².